The molecule has 0 spiro atoms. The van der Waals surface area contributed by atoms with Gasteiger partial charge in [-0.25, -0.2) is 8.78 Å². The van der Waals surface area contributed by atoms with Crippen molar-refractivity contribution in [2.24, 2.45) is 0 Å². The minimum absolute atomic E-state index is 0.143. The SMILES string of the molecule is CC(CO)c1cc(F)c(Cl)cc1F. The van der Waals surface area contributed by atoms with E-state index in [-0.39, 0.29) is 17.2 Å². The normalized spacial score (nSPS) is 13.0. The highest BCUT2D eigenvalue weighted by Crippen LogP contribution is 2.24. The number of hydrogen-bond donors (Lipinski definition) is 1. The summed E-state index contributed by atoms with van der Waals surface area (Å²) in [5.41, 5.74) is 0.143. The fraction of sp³-hybridized carbons (Fsp3) is 0.333. The number of rotatable bonds is 2. The zero-order valence-corrected chi connectivity index (χ0v) is 7.78. The molecule has 1 nitrogen and oxygen atoms in total. The van der Waals surface area contributed by atoms with Gasteiger partial charge in [0.25, 0.3) is 0 Å². The Morgan fingerprint density at radius 2 is 2.00 bits per heavy atom. The smallest absolute Gasteiger partial charge is 0.142 e. The van der Waals surface area contributed by atoms with Crippen LogP contribution in [0.3, 0.4) is 0 Å². The van der Waals surface area contributed by atoms with E-state index in [0.717, 1.165) is 12.1 Å². The molecule has 0 saturated carbocycles. The topological polar surface area (TPSA) is 20.2 Å². The maximum Gasteiger partial charge on any atom is 0.142 e. The van der Waals surface area contributed by atoms with Crippen LogP contribution in [0, 0.1) is 11.6 Å². The molecule has 4 heteroatoms. The lowest BCUT2D eigenvalue weighted by Crippen LogP contribution is -2.02. The minimum atomic E-state index is -0.668. The average Bonchev–Trinajstić information content (AvgIpc) is 2.10. The van der Waals surface area contributed by atoms with E-state index in [9.17, 15) is 8.78 Å². The second kappa shape index (κ2) is 4.03. The molecule has 13 heavy (non-hydrogen) atoms. The first-order chi connectivity index (χ1) is 6.06. The lowest BCUT2D eigenvalue weighted by molar-refractivity contribution is 0.270. The second-order valence-electron chi connectivity index (χ2n) is 2.87. The number of halogens is 3. The van der Waals surface area contributed by atoms with Gasteiger partial charge in [0.15, 0.2) is 0 Å². The van der Waals surface area contributed by atoms with Crippen molar-refractivity contribution < 1.29 is 13.9 Å². The van der Waals surface area contributed by atoms with Crippen molar-refractivity contribution in [3.8, 4) is 0 Å². The van der Waals surface area contributed by atoms with Crippen molar-refractivity contribution in [3.63, 3.8) is 0 Å². The zero-order valence-electron chi connectivity index (χ0n) is 7.02. The van der Waals surface area contributed by atoms with Crippen molar-refractivity contribution in [2.75, 3.05) is 6.61 Å². The molecule has 0 aliphatic heterocycles. The lowest BCUT2D eigenvalue weighted by atomic mass is 10.0. The van der Waals surface area contributed by atoms with Gasteiger partial charge < -0.3 is 5.11 Å². The largest absolute Gasteiger partial charge is 0.396 e. The van der Waals surface area contributed by atoms with E-state index in [2.05, 4.69) is 0 Å². The molecule has 0 heterocycles. The molecule has 0 aliphatic carbocycles. The molecule has 0 bridgehead atoms. The van der Waals surface area contributed by atoms with E-state index in [0.29, 0.717) is 0 Å². The predicted octanol–water partition coefficient (Wildman–Crippen LogP) is 2.71. The van der Waals surface area contributed by atoms with Crippen LogP contribution in [-0.2, 0) is 0 Å². The Hall–Kier alpha value is -0.670. The average molecular weight is 207 g/mol. The van der Waals surface area contributed by atoms with Gasteiger partial charge in [-0.15, -0.1) is 0 Å². The Kier molecular flexibility index (Phi) is 3.22. The van der Waals surface area contributed by atoms with E-state index in [1.165, 1.54) is 0 Å². The molecule has 1 rings (SSSR count). The van der Waals surface area contributed by atoms with Crippen molar-refractivity contribution in [2.45, 2.75) is 12.8 Å². The van der Waals surface area contributed by atoms with Crippen LogP contribution < -0.4 is 0 Å². The van der Waals surface area contributed by atoms with Gasteiger partial charge in [0.1, 0.15) is 11.6 Å². The van der Waals surface area contributed by atoms with Gasteiger partial charge in [-0.3, -0.25) is 0 Å². The van der Waals surface area contributed by atoms with Crippen molar-refractivity contribution >= 4 is 11.6 Å². The Bertz CT molecular complexity index is 315. The first-order valence-corrected chi connectivity index (χ1v) is 4.19. The molecule has 1 aromatic rings. The van der Waals surface area contributed by atoms with Crippen LogP contribution in [0.2, 0.25) is 5.02 Å². The highest BCUT2D eigenvalue weighted by molar-refractivity contribution is 6.30. The molecule has 0 radical (unpaired) electrons. The summed E-state index contributed by atoms with van der Waals surface area (Å²) in [6.07, 6.45) is 0. The van der Waals surface area contributed by atoms with Crippen LogP contribution in [0.4, 0.5) is 8.78 Å². The van der Waals surface area contributed by atoms with E-state index in [1.807, 2.05) is 0 Å². The number of hydrogen-bond acceptors (Lipinski definition) is 1. The van der Waals surface area contributed by atoms with Crippen LogP contribution >= 0.6 is 11.6 Å². The van der Waals surface area contributed by atoms with E-state index < -0.39 is 17.6 Å². The number of aliphatic hydroxyl groups excluding tert-OH is 1. The maximum atomic E-state index is 13.1. The molecule has 1 aromatic carbocycles. The molecule has 0 fully saturated rings. The van der Waals surface area contributed by atoms with E-state index >= 15 is 0 Å². The van der Waals surface area contributed by atoms with Gasteiger partial charge in [0.2, 0.25) is 0 Å². The molecule has 1 atom stereocenters. The molecule has 0 amide bonds. The van der Waals surface area contributed by atoms with Gasteiger partial charge in [-0.1, -0.05) is 18.5 Å². The molecular weight excluding hydrogens is 198 g/mol. The Balaban J connectivity index is 3.15. The van der Waals surface area contributed by atoms with Crippen LogP contribution in [0.5, 0.6) is 0 Å². The Labute approximate surface area is 80.0 Å². The fourth-order valence-electron chi connectivity index (χ4n) is 1.01. The summed E-state index contributed by atoms with van der Waals surface area (Å²) in [5, 5.41) is 8.51. The van der Waals surface area contributed by atoms with Gasteiger partial charge in [0.05, 0.1) is 5.02 Å². The van der Waals surface area contributed by atoms with Crippen LogP contribution in [0.15, 0.2) is 12.1 Å². The summed E-state index contributed by atoms with van der Waals surface area (Å²) in [5.74, 6) is -1.68. The minimum Gasteiger partial charge on any atom is -0.396 e. The van der Waals surface area contributed by atoms with E-state index in [1.54, 1.807) is 6.92 Å². The highest BCUT2D eigenvalue weighted by atomic mass is 35.5. The van der Waals surface area contributed by atoms with Gasteiger partial charge in [-0.05, 0) is 17.7 Å². The van der Waals surface area contributed by atoms with E-state index in [4.69, 9.17) is 16.7 Å². The Morgan fingerprint density at radius 1 is 1.38 bits per heavy atom. The third kappa shape index (κ3) is 2.17. The van der Waals surface area contributed by atoms with Crippen LogP contribution in [0.1, 0.15) is 18.4 Å². The predicted molar refractivity (Wildman–Crippen MR) is 46.9 cm³/mol. The third-order valence-corrected chi connectivity index (χ3v) is 2.13. The lowest BCUT2D eigenvalue weighted by Gasteiger charge is -2.09. The zero-order chi connectivity index (χ0) is 10.0. The number of aliphatic hydroxyl groups is 1. The first kappa shape index (κ1) is 10.4. The third-order valence-electron chi connectivity index (χ3n) is 1.84. The van der Waals surface area contributed by atoms with Crippen LogP contribution in [0.25, 0.3) is 0 Å². The highest BCUT2D eigenvalue weighted by Gasteiger charge is 2.13. The van der Waals surface area contributed by atoms with Gasteiger partial charge >= 0.3 is 0 Å². The quantitative estimate of drug-likeness (QED) is 0.738. The molecular formula is C9H9ClF2O. The summed E-state index contributed by atoms with van der Waals surface area (Å²) in [4.78, 5) is 0. The standard InChI is InChI=1S/C9H9ClF2O/c1-5(4-13)6-2-9(12)7(10)3-8(6)11/h2-3,5,13H,4H2,1H3. The molecule has 0 aromatic heterocycles. The maximum absolute atomic E-state index is 13.1. The van der Waals surface area contributed by atoms with Crippen molar-refractivity contribution in [1.29, 1.82) is 0 Å². The molecule has 1 N–H and O–H groups in total. The summed E-state index contributed by atoms with van der Waals surface area (Å²) >= 11 is 5.36. The fourth-order valence-corrected chi connectivity index (χ4v) is 1.16. The van der Waals surface area contributed by atoms with Gasteiger partial charge in [0, 0.05) is 12.5 Å². The summed E-state index contributed by atoms with van der Waals surface area (Å²) in [6.45, 7) is 1.38. The van der Waals surface area contributed by atoms with Crippen molar-refractivity contribution in [1.82, 2.24) is 0 Å². The van der Waals surface area contributed by atoms with Gasteiger partial charge in [-0.2, -0.15) is 0 Å². The summed E-state index contributed by atoms with van der Waals surface area (Å²) < 4.78 is 26.0. The molecule has 72 valence electrons. The van der Waals surface area contributed by atoms with Crippen LogP contribution in [-0.4, -0.2) is 11.7 Å². The molecule has 0 saturated heterocycles. The van der Waals surface area contributed by atoms with Crippen molar-refractivity contribution in [3.05, 3.63) is 34.4 Å². The first-order valence-electron chi connectivity index (χ1n) is 3.81. The number of benzene rings is 1. The summed E-state index contributed by atoms with van der Waals surface area (Å²) in [6, 6.07) is 1.93. The second-order valence-corrected chi connectivity index (χ2v) is 3.28. The molecule has 1 unspecified atom stereocenters. The summed E-state index contributed by atoms with van der Waals surface area (Å²) in [7, 11) is 0. The Morgan fingerprint density at radius 3 is 2.54 bits per heavy atom. The monoisotopic (exact) mass is 206 g/mol. The molecule has 0 aliphatic rings.